The van der Waals surface area contributed by atoms with Gasteiger partial charge >= 0.3 is 0 Å². The largest absolute Gasteiger partial charge is 0.313 e. The van der Waals surface area contributed by atoms with Crippen molar-refractivity contribution in [3.8, 4) is 11.1 Å². The summed E-state index contributed by atoms with van der Waals surface area (Å²) < 4.78 is 0. The SMILES string of the molecule is C=C/C=C\c1cccc(-c2ccccc2CNCCC2CCCCC2)c1C. The summed E-state index contributed by atoms with van der Waals surface area (Å²) >= 11 is 0. The molecule has 0 amide bonds. The van der Waals surface area contributed by atoms with E-state index in [2.05, 4.69) is 67.4 Å². The van der Waals surface area contributed by atoms with Crippen molar-refractivity contribution in [1.82, 2.24) is 5.32 Å². The number of nitrogens with one attached hydrogen (secondary N) is 1. The molecule has 1 aliphatic rings. The predicted octanol–water partition coefficient (Wildman–Crippen LogP) is 6.92. The smallest absolute Gasteiger partial charge is 0.0211 e. The first-order valence-corrected chi connectivity index (χ1v) is 10.5. The first kappa shape index (κ1) is 19.6. The number of hydrogen-bond acceptors (Lipinski definition) is 1. The molecule has 0 heterocycles. The highest BCUT2D eigenvalue weighted by Gasteiger charge is 2.13. The van der Waals surface area contributed by atoms with E-state index in [0.29, 0.717) is 0 Å². The molecule has 27 heavy (non-hydrogen) atoms. The summed E-state index contributed by atoms with van der Waals surface area (Å²) in [4.78, 5) is 0. The van der Waals surface area contributed by atoms with Crippen LogP contribution in [0.4, 0.5) is 0 Å². The number of hydrogen-bond donors (Lipinski definition) is 1. The minimum Gasteiger partial charge on any atom is -0.313 e. The minimum absolute atomic E-state index is 0.940. The average Bonchev–Trinajstić information content (AvgIpc) is 2.72. The zero-order valence-electron chi connectivity index (χ0n) is 16.7. The molecule has 0 bridgehead atoms. The highest BCUT2D eigenvalue weighted by Crippen LogP contribution is 2.30. The molecule has 0 spiro atoms. The molecule has 142 valence electrons. The van der Waals surface area contributed by atoms with Crippen molar-refractivity contribution in [1.29, 1.82) is 0 Å². The summed E-state index contributed by atoms with van der Waals surface area (Å²) in [6.45, 7) is 8.06. The van der Waals surface area contributed by atoms with Gasteiger partial charge in [-0.2, -0.15) is 0 Å². The summed E-state index contributed by atoms with van der Waals surface area (Å²) in [5.41, 5.74) is 6.63. The second-order valence-corrected chi connectivity index (χ2v) is 7.74. The van der Waals surface area contributed by atoms with Crippen LogP contribution >= 0.6 is 0 Å². The molecule has 1 N–H and O–H groups in total. The molecular formula is C26H33N. The van der Waals surface area contributed by atoms with Gasteiger partial charge in [-0.1, -0.05) is 99.4 Å². The van der Waals surface area contributed by atoms with Gasteiger partial charge in [0.15, 0.2) is 0 Å². The van der Waals surface area contributed by atoms with Crippen molar-refractivity contribution < 1.29 is 0 Å². The van der Waals surface area contributed by atoms with Crippen LogP contribution in [0.3, 0.4) is 0 Å². The Labute approximate surface area is 165 Å². The molecular weight excluding hydrogens is 326 g/mol. The maximum atomic E-state index is 3.78. The van der Waals surface area contributed by atoms with Crippen LogP contribution in [0.5, 0.6) is 0 Å². The summed E-state index contributed by atoms with van der Waals surface area (Å²) in [5, 5.41) is 3.70. The quantitative estimate of drug-likeness (QED) is 0.398. The molecule has 0 radical (unpaired) electrons. The highest BCUT2D eigenvalue weighted by atomic mass is 14.8. The van der Waals surface area contributed by atoms with Crippen molar-refractivity contribution in [3.05, 3.63) is 77.9 Å². The van der Waals surface area contributed by atoms with Gasteiger partial charge in [0, 0.05) is 6.54 Å². The van der Waals surface area contributed by atoms with E-state index in [0.717, 1.165) is 19.0 Å². The van der Waals surface area contributed by atoms with Gasteiger partial charge in [-0.05, 0) is 53.6 Å². The zero-order valence-corrected chi connectivity index (χ0v) is 16.7. The number of benzene rings is 2. The summed E-state index contributed by atoms with van der Waals surface area (Å²) in [7, 11) is 0. The van der Waals surface area contributed by atoms with Gasteiger partial charge in [0.2, 0.25) is 0 Å². The topological polar surface area (TPSA) is 12.0 Å². The van der Waals surface area contributed by atoms with Crippen molar-refractivity contribution >= 4 is 6.08 Å². The van der Waals surface area contributed by atoms with E-state index < -0.39 is 0 Å². The van der Waals surface area contributed by atoms with E-state index in [9.17, 15) is 0 Å². The third kappa shape index (κ3) is 5.43. The Bertz CT molecular complexity index is 766. The van der Waals surface area contributed by atoms with Crippen LogP contribution in [-0.2, 0) is 6.54 Å². The Hall–Kier alpha value is -2.12. The van der Waals surface area contributed by atoms with Crippen molar-refractivity contribution in [2.24, 2.45) is 5.92 Å². The lowest BCUT2D eigenvalue weighted by Crippen LogP contribution is -2.19. The van der Waals surface area contributed by atoms with Gasteiger partial charge in [0.1, 0.15) is 0 Å². The highest BCUT2D eigenvalue weighted by molar-refractivity contribution is 5.74. The van der Waals surface area contributed by atoms with Crippen LogP contribution in [0.1, 0.15) is 55.2 Å². The molecule has 1 aliphatic carbocycles. The minimum atomic E-state index is 0.940. The van der Waals surface area contributed by atoms with Gasteiger partial charge in [-0.25, -0.2) is 0 Å². The molecule has 2 aromatic carbocycles. The summed E-state index contributed by atoms with van der Waals surface area (Å²) in [6.07, 6.45) is 14.5. The Morgan fingerprint density at radius 2 is 1.78 bits per heavy atom. The van der Waals surface area contributed by atoms with Crippen LogP contribution in [0.15, 0.2) is 61.2 Å². The Balaban J connectivity index is 1.68. The van der Waals surface area contributed by atoms with Gasteiger partial charge in [-0.15, -0.1) is 0 Å². The first-order chi connectivity index (χ1) is 13.3. The second-order valence-electron chi connectivity index (χ2n) is 7.74. The maximum Gasteiger partial charge on any atom is 0.0211 e. The molecule has 0 saturated heterocycles. The normalized spacial score (nSPS) is 15.3. The summed E-state index contributed by atoms with van der Waals surface area (Å²) in [6, 6.07) is 15.4. The lowest BCUT2D eigenvalue weighted by atomic mass is 9.87. The molecule has 1 fully saturated rings. The Morgan fingerprint density at radius 1 is 1.00 bits per heavy atom. The van der Waals surface area contributed by atoms with Gasteiger partial charge in [0.05, 0.1) is 0 Å². The molecule has 1 heteroatoms. The Kier molecular flexibility index (Phi) is 7.47. The first-order valence-electron chi connectivity index (χ1n) is 10.5. The molecule has 0 aliphatic heterocycles. The lowest BCUT2D eigenvalue weighted by molar-refractivity contribution is 0.334. The van der Waals surface area contributed by atoms with E-state index in [4.69, 9.17) is 0 Å². The molecule has 1 nitrogen and oxygen atoms in total. The standard InChI is InChI=1S/C26H33N/c1-3-4-13-23-15-10-17-25(21(23)2)26-16-9-8-14-24(26)20-27-19-18-22-11-6-5-7-12-22/h3-4,8-10,13-17,22,27H,1,5-7,11-12,18-20H2,2H3/b13-4-. The van der Waals surface area contributed by atoms with Gasteiger partial charge < -0.3 is 5.32 Å². The average molecular weight is 360 g/mol. The third-order valence-corrected chi connectivity index (χ3v) is 5.86. The molecule has 2 aromatic rings. The van der Waals surface area contributed by atoms with Gasteiger partial charge in [0.25, 0.3) is 0 Å². The fraction of sp³-hybridized carbons (Fsp3) is 0.385. The van der Waals surface area contributed by atoms with E-state index in [1.165, 1.54) is 66.3 Å². The Morgan fingerprint density at radius 3 is 2.59 bits per heavy atom. The maximum absolute atomic E-state index is 3.78. The molecule has 0 atom stereocenters. The van der Waals surface area contributed by atoms with E-state index in [1.54, 1.807) is 0 Å². The van der Waals surface area contributed by atoms with Crippen LogP contribution in [0.2, 0.25) is 0 Å². The van der Waals surface area contributed by atoms with Crippen LogP contribution in [0, 0.1) is 12.8 Å². The van der Waals surface area contributed by atoms with Crippen LogP contribution < -0.4 is 5.32 Å². The predicted molar refractivity (Wildman–Crippen MR) is 119 cm³/mol. The molecule has 0 aromatic heterocycles. The molecule has 3 rings (SSSR count). The van der Waals surface area contributed by atoms with Crippen molar-refractivity contribution in [3.63, 3.8) is 0 Å². The fourth-order valence-electron chi connectivity index (χ4n) is 4.24. The van der Waals surface area contributed by atoms with Crippen LogP contribution in [0.25, 0.3) is 17.2 Å². The number of allylic oxidation sites excluding steroid dienone is 2. The van der Waals surface area contributed by atoms with Gasteiger partial charge in [-0.3, -0.25) is 0 Å². The van der Waals surface area contributed by atoms with E-state index in [1.807, 2.05) is 12.2 Å². The van der Waals surface area contributed by atoms with Crippen LogP contribution in [-0.4, -0.2) is 6.54 Å². The zero-order chi connectivity index (χ0) is 18.9. The third-order valence-electron chi connectivity index (χ3n) is 5.86. The number of rotatable bonds is 8. The fourth-order valence-corrected chi connectivity index (χ4v) is 4.24. The summed E-state index contributed by atoms with van der Waals surface area (Å²) in [5.74, 6) is 0.942. The lowest BCUT2D eigenvalue weighted by Gasteiger charge is -2.21. The van der Waals surface area contributed by atoms with E-state index >= 15 is 0 Å². The monoisotopic (exact) mass is 359 g/mol. The second kappa shape index (κ2) is 10.3. The van der Waals surface area contributed by atoms with E-state index in [-0.39, 0.29) is 0 Å². The van der Waals surface area contributed by atoms with Crippen molar-refractivity contribution in [2.45, 2.75) is 52.0 Å². The molecule has 0 unspecified atom stereocenters. The van der Waals surface area contributed by atoms with Crippen molar-refractivity contribution in [2.75, 3.05) is 6.54 Å². The molecule has 1 saturated carbocycles.